The van der Waals surface area contributed by atoms with Gasteiger partial charge in [-0.15, -0.1) is 0 Å². The van der Waals surface area contributed by atoms with E-state index in [4.69, 9.17) is 9.47 Å². The Morgan fingerprint density at radius 2 is 1.68 bits per heavy atom. The van der Waals surface area contributed by atoms with Crippen LogP contribution in [0.2, 0.25) is 0 Å². The second-order valence-corrected chi connectivity index (χ2v) is 10.1. The molecule has 0 saturated heterocycles. The predicted molar refractivity (Wildman–Crippen MR) is 143 cm³/mol. The molecule has 0 aliphatic rings. The van der Waals surface area contributed by atoms with E-state index in [2.05, 4.69) is 10.6 Å². The summed E-state index contributed by atoms with van der Waals surface area (Å²) in [5.74, 6) is -1.37. The Balaban J connectivity index is 3.34. The summed E-state index contributed by atoms with van der Waals surface area (Å²) in [6.07, 6.45) is 1.46. The Hall–Kier alpha value is -3.10. The van der Waals surface area contributed by atoms with Crippen molar-refractivity contribution >= 4 is 23.9 Å². The van der Waals surface area contributed by atoms with Crippen LogP contribution >= 0.6 is 0 Å². The zero-order valence-corrected chi connectivity index (χ0v) is 23.5. The van der Waals surface area contributed by atoms with Gasteiger partial charge in [0.15, 0.2) is 0 Å². The Bertz CT molecular complexity index is 868. The number of benzene rings is 1. The first-order valence-corrected chi connectivity index (χ1v) is 13.2. The van der Waals surface area contributed by atoms with Gasteiger partial charge in [0.2, 0.25) is 11.8 Å². The number of alkyl carbamates (subject to hydrolysis) is 1. The van der Waals surface area contributed by atoms with Crippen LogP contribution in [0.5, 0.6) is 0 Å². The van der Waals surface area contributed by atoms with Gasteiger partial charge in [-0.1, -0.05) is 63.9 Å². The van der Waals surface area contributed by atoms with E-state index in [-0.39, 0.29) is 31.4 Å². The van der Waals surface area contributed by atoms with Gasteiger partial charge in [-0.25, -0.2) is 4.79 Å². The monoisotopic (exact) mass is 519 g/mol. The second-order valence-electron chi connectivity index (χ2n) is 10.1. The maximum atomic E-state index is 14.0. The summed E-state index contributed by atoms with van der Waals surface area (Å²) >= 11 is 0. The molecule has 9 heteroatoms. The summed E-state index contributed by atoms with van der Waals surface area (Å²) in [6.45, 7) is 13.5. The standard InChI is InChI=1S/C28H45N3O6/c1-8-11-19-31(26(34)23(20(4)9-2)30-27(35)37-28(5,6)7)24(21-15-13-12-14-16-21)25(33)29-18-17-22(32)36-10-3/h12-16,20,23-24H,8-11,17-19H2,1-7H3,(H,29,33)(H,30,35). The zero-order valence-electron chi connectivity index (χ0n) is 23.5. The van der Waals surface area contributed by atoms with Crippen LogP contribution in [0.15, 0.2) is 30.3 Å². The van der Waals surface area contributed by atoms with Crippen LogP contribution in [0, 0.1) is 5.92 Å². The number of nitrogens with zero attached hydrogens (tertiary/aromatic N) is 1. The van der Waals surface area contributed by atoms with Crippen molar-refractivity contribution < 1.29 is 28.7 Å². The first kappa shape index (κ1) is 31.9. The molecule has 208 valence electrons. The fourth-order valence-corrected chi connectivity index (χ4v) is 3.72. The molecule has 3 atom stereocenters. The molecule has 2 N–H and O–H groups in total. The summed E-state index contributed by atoms with van der Waals surface area (Å²) < 4.78 is 10.4. The van der Waals surface area contributed by atoms with Crippen LogP contribution < -0.4 is 10.6 Å². The first-order chi connectivity index (χ1) is 17.4. The van der Waals surface area contributed by atoms with Crippen LogP contribution in [0.3, 0.4) is 0 Å². The number of unbranched alkanes of at least 4 members (excludes halogenated alkanes) is 1. The summed E-state index contributed by atoms with van der Waals surface area (Å²) in [7, 11) is 0. The molecule has 1 aromatic carbocycles. The van der Waals surface area contributed by atoms with Gasteiger partial charge in [-0.05, 0) is 45.6 Å². The van der Waals surface area contributed by atoms with Gasteiger partial charge in [-0.3, -0.25) is 14.4 Å². The summed E-state index contributed by atoms with van der Waals surface area (Å²) in [6, 6.07) is 7.22. The fourth-order valence-electron chi connectivity index (χ4n) is 3.72. The maximum absolute atomic E-state index is 14.0. The first-order valence-electron chi connectivity index (χ1n) is 13.2. The number of hydrogen-bond donors (Lipinski definition) is 2. The Kier molecular flexibility index (Phi) is 13.7. The van der Waals surface area contributed by atoms with E-state index in [1.54, 1.807) is 39.8 Å². The largest absolute Gasteiger partial charge is 0.466 e. The lowest BCUT2D eigenvalue weighted by Crippen LogP contribution is -2.55. The second kappa shape index (κ2) is 15.9. The number of rotatable bonds is 14. The molecule has 0 radical (unpaired) electrons. The third-order valence-electron chi connectivity index (χ3n) is 5.80. The van der Waals surface area contributed by atoms with Crippen molar-refractivity contribution in [2.45, 2.75) is 91.8 Å². The quantitative estimate of drug-likeness (QED) is 0.353. The molecule has 37 heavy (non-hydrogen) atoms. The predicted octanol–water partition coefficient (Wildman–Crippen LogP) is 4.37. The highest BCUT2D eigenvalue weighted by Crippen LogP contribution is 2.25. The van der Waals surface area contributed by atoms with E-state index in [9.17, 15) is 19.2 Å². The van der Waals surface area contributed by atoms with E-state index in [1.807, 2.05) is 39.0 Å². The van der Waals surface area contributed by atoms with E-state index in [0.29, 0.717) is 24.9 Å². The summed E-state index contributed by atoms with van der Waals surface area (Å²) in [5, 5.41) is 5.54. The Morgan fingerprint density at radius 1 is 1.03 bits per heavy atom. The highest BCUT2D eigenvalue weighted by atomic mass is 16.6. The number of esters is 1. The van der Waals surface area contributed by atoms with Gasteiger partial charge in [0.05, 0.1) is 13.0 Å². The van der Waals surface area contributed by atoms with Gasteiger partial charge in [0, 0.05) is 13.1 Å². The minimum absolute atomic E-state index is 0.0275. The average Bonchev–Trinajstić information content (AvgIpc) is 2.83. The molecular formula is C28H45N3O6. The van der Waals surface area contributed by atoms with Crippen molar-refractivity contribution in [1.82, 2.24) is 15.5 Å². The number of nitrogens with one attached hydrogen (secondary N) is 2. The van der Waals surface area contributed by atoms with Crippen LogP contribution in [-0.2, 0) is 23.9 Å². The molecule has 0 aliphatic carbocycles. The van der Waals surface area contributed by atoms with Gasteiger partial charge in [0.25, 0.3) is 0 Å². The highest BCUT2D eigenvalue weighted by Gasteiger charge is 2.37. The molecule has 0 aromatic heterocycles. The van der Waals surface area contributed by atoms with Crippen molar-refractivity contribution in [2.75, 3.05) is 19.7 Å². The lowest BCUT2D eigenvalue weighted by atomic mass is 9.95. The Labute approximate surface area is 221 Å². The minimum atomic E-state index is -0.936. The topological polar surface area (TPSA) is 114 Å². The number of hydrogen-bond acceptors (Lipinski definition) is 6. The van der Waals surface area contributed by atoms with Crippen LogP contribution in [0.4, 0.5) is 4.79 Å². The number of amides is 3. The molecule has 0 spiro atoms. The summed E-state index contributed by atoms with van der Waals surface area (Å²) in [5.41, 5.74) is -0.0822. The molecule has 3 amide bonds. The molecule has 3 unspecified atom stereocenters. The van der Waals surface area contributed by atoms with E-state index < -0.39 is 35.7 Å². The molecule has 0 heterocycles. The lowest BCUT2D eigenvalue weighted by molar-refractivity contribution is -0.145. The number of ether oxygens (including phenoxy) is 2. The molecule has 9 nitrogen and oxygen atoms in total. The molecule has 0 bridgehead atoms. The minimum Gasteiger partial charge on any atom is -0.466 e. The third kappa shape index (κ3) is 11.2. The smallest absolute Gasteiger partial charge is 0.408 e. The molecule has 0 fully saturated rings. The van der Waals surface area contributed by atoms with E-state index in [1.165, 1.54) is 4.90 Å². The number of carbonyl (C=O) groups excluding carboxylic acids is 4. The molecule has 1 rings (SSSR count). The maximum Gasteiger partial charge on any atom is 0.408 e. The molecular weight excluding hydrogens is 474 g/mol. The summed E-state index contributed by atoms with van der Waals surface area (Å²) in [4.78, 5) is 53.5. The van der Waals surface area contributed by atoms with Crippen molar-refractivity contribution in [2.24, 2.45) is 5.92 Å². The highest BCUT2D eigenvalue weighted by molar-refractivity contribution is 5.92. The van der Waals surface area contributed by atoms with Crippen molar-refractivity contribution in [3.8, 4) is 0 Å². The van der Waals surface area contributed by atoms with Crippen molar-refractivity contribution in [3.05, 3.63) is 35.9 Å². The molecule has 0 saturated carbocycles. The average molecular weight is 520 g/mol. The van der Waals surface area contributed by atoms with Gasteiger partial charge in [-0.2, -0.15) is 0 Å². The van der Waals surface area contributed by atoms with E-state index in [0.717, 1.165) is 6.42 Å². The van der Waals surface area contributed by atoms with Crippen molar-refractivity contribution in [1.29, 1.82) is 0 Å². The Morgan fingerprint density at radius 3 is 2.22 bits per heavy atom. The third-order valence-corrected chi connectivity index (χ3v) is 5.80. The van der Waals surface area contributed by atoms with Gasteiger partial charge in [0.1, 0.15) is 17.7 Å². The van der Waals surface area contributed by atoms with Gasteiger partial charge < -0.3 is 25.0 Å². The van der Waals surface area contributed by atoms with Crippen molar-refractivity contribution in [3.63, 3.8) is 0 Å². The zero-order chi connectivity index (χ0) is 28.0. The molecule has 1 aromatic rings. The van der Waals surface area contributed by atoms with Crippen LogP contribution in [0.1, 0.15) is 85.8 Å². The van der Waals surface area contributed by atoms with Crippen LogP contribution in [0.25, 0.3) is 0 Å². The SMILES string of the molecule is CCCCN(C(=O)C(NC(=O)OC(C)(C)C)C(C)CC)C(C(=O)NCCC(=O)OCC)c1ccccc1. The number of carbonyl (C=O) groups is 4. The normalized spacial score (nSPS) is 13.6. The van der Waals surface area contributed by atoms with Gasteiger partial charge >= 0.3 is 12.1 Å². The molecule has 0 aliphatic heterocycles. The van der Waals surface area contributed by atoms with E-state index >= 15 is 0 Å². The lowest BCUT2D eigenvalue weighted by Gasteiger charge is -2.36. The fraction of sp³-hybridized carbons (Fsp3) is 0.643. The van der Waals surface area contributed by atoms with Crippen LogP contribution in [-0.4, -0.2) is 60.1 Å².